The van der Waals surface area contributed by atoms with Crippen LogP contribution in [0.2, 0.25) is 5.82 Å². The lowest BCUT2D eigenvalue weighted by atomic mass is 9.21. The highest BCUT2D eigenvalue weighted by Crippen LogP contribution is 2.83. The Morgan fingerprint density at radius 1 is 1.07 bits per heavy atom. The van der Waals surface area contributed by atoms with Crippen LogP contribution in [0.25, 0.3) is 0 Å². The van der Waals surface area contributed by atoms with Crippen molar-refractivity contribution in [2.75, 3.05) is 13.2 Å². The summed E-state index contributed by atoms with van der Waals surface area (Å²) in [6, 6.07) is 10.3. The maximum atomic E-state index is 12.0. The summed E-state index contributed by atoms with van der Waals surface area (Å²) in [5.41, 5.74) is 0.671. The fraction of sp³-hybridized carbons (Fsp3) is 0.708. The number of benzene rings is 1. The van der Waals surface area contributed by atoms with E-state index in [9.17, 15) is 4.79 Å². The molecule has 6 heteroatoms. The van der Waals surface area contributed by atoms with Gasteiger partial charge in [-0.05, 0) is 70.3 Å². The third-order valence-electron chi connectivity index (χ3n) is 7.90. The summed E-state index contributed by atoms with van der Waals surface area (Å²) in [7, 11) is -0.250. The molecule has 2 bridgehead atoms. The van der Waals surface area contributed by atoms with Crippen LogP contribution in [-0.4, -0.2) is 37.5 Å². The van der Waals surface area contributed by atoms with Crippen LogP contribution in [0, 0.1) is 10.8 Å². The Balaban J connectivity index is 1.43. The third kappa shape index (κ3) is 3.61. The van der Waals surface area contributed by atoms with Gasteiger partial charge in [0.25, 0.3) is 0 Å². The minimum atomic E-state index is -0.353. The lowest BCUT2D eigenvalue weighted by molar-refractivity contribution is -0.243. The molecule has 4 fully saturated rings. The van der Waals surface area contributed by atoms with E-state index >= 15 is 0 Å². The van der Waals surface area contributed by atoms with Crippen LogP contribution in [-0.2, 0) is 30.2 Å². The van der Waals surface area contributed by atoms with Crippen LogP contribution in [0.4, 0.5) is 0 Å². The Labute approximate surface area is 180 Å². The predicted molar refractivity (Wildman–Crippen MR) is 116 cm³/mol. The predicted octanol–water partition coefficient (Wildman–Crippen LogP) is 4.79. The van der Waals surface area contributed by atoms with Crippen LogP contribution in [0.3, 0.4) is 0 Å². The highest BCUT2D eigenvalue weighted by atomic mass is 16.7. The van der Waals surface area contributed by atoms with Crippen molar-refractivity contribution in [2.45, 2.75) is 83.9 Å². The second kappa shape index (κ2) is 7.65. The van der Waals surface area contributed by atoms with Crippen LogP contribution < -0.4 is 0 Å². The zero-order chi connectivity index (χ0) is 21.6. The van der Waals surface area contributed by atoms with E-state index < -0.39 is 0 Å². The van der Waals surface area contributed by atoms with Crippen molar-refractivity contribution in [1.82, 2.24) is 0 Å². The van der Waals surface area contributed by atoms with E-state index in [1.807, 2.05) is 25.1 Å². The average molecular weight is 414 g/mol. The summed E-state index contributed by atoms with van der Waals surface area (Å²) in [5, 5.41) is 0. The van der Waals surface area contributed by atoms with Gasteiger partial charge in [-0.3, -0.25) is 4.79 Å². The molecule has 164 valence electrons. The normalized spacial score (nSPS) is 33.0. The highest BCUT2D eigenvalue weighted by molar-refractivity contribution is 6.49. The number of carbonyl (C=O) groups is 1. The molecule has 4 aliphatic rings. The Bertz CT molecular complexity index is 753. The summed E-state index contributed by atoms with van der Waals surface area (Å²) < 4.78 is 24.2. The average Bonchev–Trinajstić information content (AvgIpc) is 2.83. The van der Waals surface area contributed by atoms with Crippen LogP contribution in [0.1, 0.15) is 65.9 Å². The molecule has 3 aliphatic carbocycles. The van der Waals surface area contributed by atoms with E-state index in [0.29, 0.717) is 26.2 Å². The van der Waals surface area contributed by atoms with Crippen molar-refractivity contribution in [1.29, 1.82) is 0 Å². The smallest absolute Gasteiger partial charge is 0.462 e. The summed E-state index contributed by atoms with van der Waals surface area (Å²) in [6.07, 6.45) is 3.44. The van der Waals surface area contributed by atoms with Crippen LogP contribution in [0.5, 0.6) is 0 Å². The number of hydrogen-bond donors (Lipinski definition) is 0. The van der Waals surface area contributed by atoms with Gasteiger partial charge in [-0.15, -0.1) is 0 Å². The molecule has 1 aliphatic heterocycles. The van der Waals surface area contributed by atoms with Gasteiger partial charge < -0.3 is 18.8 Å². The van der Waals surface area contributed by atoms with Gasteiger partial charge in [0.1, 0.15) is 0 Å². The molecule has 0 radical (unpaired) electrons. The number of carbonyl (C=O) groups excluding carboxylic acids is 1. The molecule has 0 amide bonds. The Kier molecular flexibility index (Phi) is 5.57. The topological polar surface area (TPSA) is 54.0 Å². The van der Waals surface area contributed by atoms with E-state index in [1.165, 1.54) is 5.56 Å². The van der Waals surface area contributed by atoms with Crippen LogP contribution >= 0.6 is 0 Å². The molecule has 5 nitrogen and oxygen atoms in total. The van der Waals surface area contributed by atoms with Crippen molar-refractivity contribution >= 4 is 13.1 Å². The highest BCUT2D eigenvalue weighted by Gasteiger charge is 2.80. The zero-order valence-corrected chi connectivity index (χ0v) is 19.0. The minimum absolute atomic E-state index is 0.0879. The van der Waals surface area contributed by atoms with Gasteiger partial charge in [0, 0.05) is 12.2 Å². The first-order valence-corrected chi connectivity index (χ1v) is 11.3. The zero-order valence-electron chi connectivity index (χ0n) is 19.0. The molecule has 1 heterocycles. The molecule has 1 saturated heterocycles. The molecule has 0 spiro atoms. The lowest BCUT2D eigenvalue weighted by Gasteiger charge is -2.77. The Hall–Kier alpha value is -1.37. The van der Waals surface area contributed by atoms with E-state index in [4.69, 9.17) is 18.8 Å². The molecule has 0 aromatic heterocycles. The number of esters is 1. The summed E-state index contributed by atoms with van der Waals surface area (Å²) >= 11 is 0. The second-order valence-electron chi connectivity index (χ2n) is 10.5. The summed E-state index contributed by atoms with van der Waals surface area (Å²) in [5.74, 6) is 0.153. The largest absolute Gasteiger partial charge is 0.466 e. The van der Waals surface area contributed by atoms with Gasteiger partial charge in [0.15, 0.2) is 0 Å². The molecule has 0 N–H and O–H groups in total. The Morgan fingerprint density at radius 2 is 1.70 bits per heavy atom. The third-order valence-corrected chi connectivity index (χ3v) is 7.90. The molecule has 1 atom stereocenters. The van der Waals surface area contributed by atoms with Crippen molar-refractivity contribution < 1.29 is 23.6 Å². The second-order valence-corrected chi connectivity index (χ2v) is 10.5. The minimum Gasteiger partial charge on any atom is -0.466 e. The first-order valence-electron chi connectivity index (χ1n) is 11.3. The van der Waals surface area contributed by atoms with Crippen molar-refractivity contribution in [3.63, 3.8) is 0 Å². The molecular formula is C24H35BO5. The summed E-state index contributed by atoms with van der Waals surface area (Å²) in [6.45, 7) is 12.0. The molecular weight excluding hydrogens is 379 g/mol. The quantitative estimate of drug-likeness (QED) is 0.430. The molecule has 1 aromatic carbocycles. The molecule has 3 saturated carbocycles. The van der Waals surface area contributed by atoms with E-state index in [1.54, 1.807) is 0 Å². The van der Waals surface area contributed by atoms with E-state index in [0.717, 1.165) is 19.3 Å². The first kappa shape index (κ1) is 21.9. The van der Waals surface area contributed by atoms with Gasteiger partial charge in [-0.25, -0.2) is 0 Å². The maximum Gasteiger partial charge on any atom is 0.462 e. The number of rotatable bonds is 9. The van der Waals surface area contributed by atoms with Gasteiger partial charge in [0.2, 0.25) is 0 Å². The lowest BCUT2D eigenvalue weighted by Crippen LogP contribution is -2.72. The van der Waals surface area contributed by atoms with E-state index in [-0.39, 0.29) is 40.9 Å². The fourth-order valence-electron chi connectivity index (χ4n) is 5.83. The molecule has 1 unspecified atom stereocenters. The van der Waals surface area contributed by atoms with Gasteiger partial charge in [-0.2, -0.15) is 0 Å². The summed E-state index contributed by atoms with van der Waals surface area (Å²) in [4.78, 5) is 12.0. The number of hydrogen-bond acceptors (Lipinski definition) is 5. The molecule has 30 heavy (non-hydrogen) atoms. The van der Waals surface area contributed by atoms with Gasteiger partial charge in [0.05, 0.1) is 31.0 Å². The van der Waals surface area contributed by atoms with E-state index in [2.05, 4.69) is 39.8 Å². The molecule has 5 rings (SSSR count). The standard InChI is InChI=1S/C24H35BO5/c1-6-28-19(26)12-13-23-15-24(16-23,17-27-14-18-10-8-7-9-11-18)20(23)25-29-21(2,3)22(4,5)30-25/h7-11,20H,6,12-17H2,1-5H3. The molecule has 1 aromatic rings. The SMILES string of the molecule is CCOC(=O)CCC12CC(COCc3ccccc3)(C1)C2B1OC(C)(C)C(C)(C)O1. The first-order chi connectivity index (χ1) is 14.1. The van der Waals surface area contributed by atoms with Gasteiger partial charge >= 0.3 is 13.1 Å². The van der Waals surface area contributed by atoms with Crippen molar-refractivity contribution in [2.24, 2.45) is 10.8 Å². The van der Waals surface area contributed by atoms with Gasteiger partial charge in [-0.1, -0.05) is 30.3 Å². The monoisotopic (exact) mass is 414 g/mol. The van der Waals surface area contributed by atoms with Crippen molar-refractivity contribution in [3.8, 4) is 0 Å². The van der Waals surface area contributed by atoms with Crippen LogP contribution in [0.15, 0.2) is 30.3 Å². The van der Waals surface area contributed by atoms with Crippen molar-refractivity contribution in [3.05, 3.63) is 35.9 Å². The fourth-order valence-corrected chi connectivity index (χ4v) is 5.83. The number of ether oxygens (including phenoxy) is 2. The Morgan fingerprint density at radius 3 is 2.30 bits per heavy atom. The maximum absolute atomic E-state index is 12.0.